The molecule has 0 N–H and O–H groups in total. The van der Waals surface area contributed by atoms with Crippen molar-refractivity contribution in [2.45, 2.75) is 18.8 Å². The monoisotopic (exact) mass is 387 g/mol. The fourth-order valence-electron chi connectivity index (χ4n) is 1.72. The van der Waals surface area contributed by atoms with Crippen molar-refractivity contribution in [2.75, 3.05) is 0 Å². The summed E-state index contributed by atoms with van der Waals surface area (Å²) in [6.07, 6.45) is 4.04. The van der Waals surface area contributed by atoms with E-state index in [2.05, 4.69) is 46.8 Å². The Labute approximate surface area is 126 Å². The molecule has 0 radical (unpaired) electrons. The van der Waals surface area contributed by atoms with Crippen LogP contribution in [0.2, 0.25) is 5.15 Å². The van der Waals surface area contributed by atoms with E-state index in [0.717, 1.165) is 27.5 Å². The van der Waals surface area contributed by atoms with Gasteiger partial charge in [-0.05, 0) is 56.8 Å². The van der Waals surface area contributed by atoms with Crippen LogP contribution in [0.1, 0.15) is 24.5 Å². The first kappa shape index (κ1) is 12.5. The van der Waals surface area contributed by atoms with Gasteiger partial charge < -0.3 is 0 Å². The summed E-state index contributed by atoms with van der Waals surface area (Å²) in [6, 6.07) is 3.77. The van der Waals surface area contributed by atoms with Crippen LogP contribution < -0.4 is 0 Å². The summed E-state index contributed by atoms with van der Waals surface area (Å²) < 4.78 is 1.67. The molecule has 0 amide bonds. The van der Waals surface area contributed by atoms with E-state index in [0.29, 0.717) is 22.6 Å². The largest absolute Gasteiger partial charge is 0.252 e. The molecule has 2 heterocycles. The second-order valence-corrected chi connectivity index (χ2v) is 6.15. The van der Waals surface area contributed by atoms with E-state index in [1.54, 1.807) is 6.20 Å². The second kappa shape index (κ2) is 4.87. The lowest BCUT2D eigenvalue weighted by molar-refractivity contribution is 0.972. The highest BCUT2D eigenvalue weighted by Gasteiger charge is 2.29. The molecule has 1 aliphatic rings. The van der Waals surface area contributed by atoms with Gasteiger partial charge in [0, 0.05) is 16.6 Å². The van der Waals surface area contributed by atoms with Gasteiger partial charge >= 0.3 is 0 Å². The van der Waals surface area contributed by atoms with E-state index in [9.17, 15) is 0 Å². The van der Waals surface area contributed by atoms with Crippen molar-refractivity contribution < 1.29 is 0 Å². The Morgan fingerprint density at radius 1 is 1.22 bits per heavy atom. The van der Waals surface area contributed by atoms with E-state index in [-0.39, 0.29) is 0 Å². The minimum Gasteiger partial charge on any atom is -0.252 e. The normalized spacial score (nSPS) is 14.8. The van der Waals surface area contributed by atoms with Gasteiger partial charge in [0.2, 0.25) is 0 Å². The average Bonchev–Trinajstić information content (AvgIpc) is 3.17. The molecule has 1 fully saturated rings. The van der Waals surface area contributed by atoms with Gasteiger partial charge in [-0.1, -0.05) is 11.6 Å². The first-order valence-corrected chi connectivity index (χ1v) is 7.47. The SMILES string of the molecule is Clc1nc(-c2ncccc2Br)nc(C2CC2)c1Br. The maximum Gasteiger partial charge on any atom is 0.181 e. The first-order chi connectivity index (χ1) is 8.66. The third-order valence-electron chi connectivity index (χ3n) is 2.77. The molecule has 0 aromatic carbocycles. The lowest BCUT2D eigenvalue weighted by atomic mass is 10.2. The quantitative estimate of drug-likeness (QED) is 0.705. The minimum atomic E-state index is 0.444. The fourth-order valence-corrected chi connectivity index (χ4v) is 2.83. The third-order valence-corrected chi connectivity index (χ3v) is 4.69. The fraction of sp³-hybridized carbons (Fsp3) is 0.250. The van der Waals surface area contributed by atoms with E-state index in [1.165, 1.54) is 0 Å². The van der Waals surface area contributed by atoms with Crippen LogP contribution in [0.5, 0.6) is 0 Å². The zero-order valence-corrected chi connectivity index (χ0v) is 13.1. The molecule has 0 saturated heterocycles. The zero-order chi connectivity index (χ0) is 12.7. The molecule has 1 saturated carbocycles. The minimum absolute atomic E-state index is 0.444. The Balaban J connectivity index is 2.16. The van der Waals surface area contributed by atoms with Crippen LogP contribution in [-0.2, 0) is 0 Å². The number of hydrogen-bond donors (Lipinski definition) is 0. The van der Waals surface area contributed by atoms with Gasteiger partial charge in [-0.15, -0.1) is 0 Å². The zero-order valence-electron chi connectivity index (χ0n) is 9.20. The van der Waals surface area contributed by atoms with Crippen molar-refractivity contribution in [1.82, 2.24) is 15.0 Å². The molecule has 0 bridgehead atoms. The summed E-state index contributed by atoms with van der Waals surface area (Å²) in [5.41, 5.74) is 1.70. The molecule has 0 atom stereocenters. The van der Waals surface area contributed by atoms with Crippen molar-refractivity contribution >= 4 is 43.5 Å². The van der Waals surface area contributed by atoms with Gasteiger partial charge in [-0.2, -0.15) is 0 Å². The maximum atomic E-state index is 6.15. The van der Waals surface area contributed by atoms with E-state index in [1.807, 2.05) is 12.1 Å². The molecular weight excluding hydrogens is 381 g/mol. The Morgan fingerprint density at radius 2 is 2.00 bits per heavy atom. The van der Waals surface area contributed by atoms with Crippen molar-refractivity contribution in [2.24, 2.45) is 0 Å². The summed E-state index contributed by atoms with van der Waals surface area (Å²) in [7, 11) is 0. The molecule has 3 rings (SSSR count). The van der Waals surface area contributed by atoms with Gasteiger partial charge in [0.15, 0.2) is 5.82 Å². The summed E-state index contributed by atoms with van der Waals surface area (Å²) in [6.45, 7) is 0. The molecule has 1 aliphatic carbocycles. The summed E-state index contributed by atoms with van der Waals surface area (Å²) >= 11 is 13.1. The highest BCUT2D eigenvalue weighted by Crippen LogP contribution is 2.44. The molecule has 92 valence electrons. The topological polar surface area (TPSA) is 38.7 Å². The van der Waals surface area contributed by atoms with E-state index < -0.39 is 0 Å². The molecule has 2 aromatic rings. The van der Waals surface area contributed by atoms with Gasteiger partial charge in [-0.25, -0.2) is 9.97 Å². The van der Waals surface area contributed by atoms with Gasteiger partial charge in [0.05, 0.1) is 10.2 Å². The number of hydrogen-bond acceptors (Lipinski definition) is 3. The predicted octanol–water partition coefficient (Wildman–Crippen LogP) is 4.59. The number of aromatic nitrogens is 3. The number of pyridine rings is 1. The predicted molar refractivity (Wildman–Crippen MR) is 77.6 cm³/mol. The van der Waals surface area contributed by atoms with Crippen molar-refractivity contribution in [3.63, 3.8) is 0 Å². The molecular formula is C12H8Br2ClN3. The van der Waals surface area contributed by atoms with Crippen molar-refractivity contribution in [3.05, 3.63) is 38.1 Å². The van der Waals surface area contributed by atoms with Gasteiger partial charge in [0.25, 0.3) is 0 Å². The second-order valence-electron chi connectivity index (χ2n) is 4.15. The summed E-state index contributed by atoms with van der Waals surface area (Å²) in [5.74, 6) is 1.07. The van der Waals surface area contributed by atoms with Crippen LogP contribution in [-0.4, -0.2) is 15.0 Å². The molecule has 18 heavy (non-hydrogen) atoms. The summed E-state index contributed by atoms with van der Waals surface area (Å²) in [5, 5.41) is 0.444. The highest BCUT2D eigenvalue weighted by molar-refractivity contribution is 9.11. The van der Waals surface area contributed by atoms with Crippen LogP contribution in [0.3, 0.4) is 0 Å². The van der Waals surface area contributed by atoms with Crippen molar-refractivity contribution in [3.8, 4) is 11.5 Å². The molecule has 0 unspecified atom stereocenters. The van der Waals surface area contributed by atoms with E-state index in [4.69, 9.17) is 11.6 Å². The summed E-state index contributed by atoms with van der Waals surface area (Å²) in [4.78, 5) is 13.2. The Bertz CT molecular complexity index is 614. The average molecular weight is 389 g/mol. The molecule has 0 spiro atoms. The Morgan fingerprint density at radius 3 is 2.67 bits per heavy atom. The standard InChI is InChI=1S/C12H8Br2ClN3/c13-7-2-1-5-16-10(7)12-17-9(6-3-4-6)8(14)11(15)18-12/h1-2,5-6H,3-4H2. The van der Waals surface area contributed by atoms with E-state index >= 15 is 0 Å². The Hall–Kier alpha value is -0.520. The highest BCUT2D eigenvalue weighted by atomic mass is 79.9. The van der Waals surface area contributed by atoms with Crippen LogP contribution in [0.25, 0.3) is 11.5 Å². The first-order valence-electron chi connectivity index (χ1n) is 5.50. The third kappa shape index (κ3) is 2.31. The lowest BCUT2D eigenvalue weighted by Gasteiger charge is -2.07. The lowest BCUT2D eigenvalue weighted by Crippen LogP contribution is -1.99. The Kier molecular flexibility index (Phi) is 3.38. The van der Waals surface area contributed by atoms with Crippen LogP contribution >= 0.6 is 43.5 Å². The number of rotatable bonds is 2. The van der Waals surface area contributed by atoms with Crippen LogP contribution in [0, 0.1) is 0 Å². The van der Waals surface area contributed by atoms with Gasteiger partial charge in [0.1, 0.15) is 10.8 Å². The smallest absolute Gasteiger partial charge is 0.181 e. The molecule has 2 aromatic heterocycles. The maximum absolute atomic E-state index is 6.15. The number of nitrogens with zero attached hydrogens (tertiary/aromatic N) is 3. The number of halogens is 3. The van der Waals surface area contributed by atoms with Crippen LogP contribution in [0.4, 0.5) is 0 Å². The molecule has 6 heteroatoms. The van der Waals surface area contributed by atoms with Crippen molar-refractivity contribution in [1.29, 1.82) is 0 Å². The van der Waals surface area contributed by atoms with Crippen LogP contribution in [0.15, 0.2) is 27.3 Å². The molecule has 0 aliphatic heterocycles. The molecule has 3 nitrogen and oxygen atoms in total. The van der Waals surface area contributed by atoms with Gasteiger partial charge in [-0.3, -0.25) is 4.98 Å².